The van der Waals surface area contributed by atoms with Crippen LogP contribution in [0.5, 0.6) is 0 Å². The number of rotatable bonds is 1. The summed E-state index contributed by atoms with van der Waals surface area (Å²) in [5.41, 5.74) is 0.334. The first-order valence-electron chi connectivity index (χ1n) is 5.09. The van der Waals surface area contributed by atoms with Gasteiger partial charge in [-0.3, -0.25) is 14.9 Å². The third-order valence-corrected chi connectivity index (χ3v) is 2.69. The van der Waals surface area contributed by atoms with Crippen molar-refractivity contribution in [1.29, 1.82) is 0 Å². The molecule has 2 amide bonds. The van der Waals surface area contributed by atoms with Gasteiger partial charge in [-0.05, 0) is 28.1 Å². The number of guanidine groups is 1. The van der Waals surface area contributed by atoms with Crippen molar-refractivity contribution in [2.24, 2.45) is 4.99 Å². The summed E-state index contributed by atoms with van der Waals surface area (Å²) in [7, 11) is 1.64. The molecule has 1 aromatic rings. The number of aliphatic imine (C=N–C) groups is 1. The van der Waals surface area contributed by atoms with Gasteiger partial charge in [-0.2, -0.15) is 4.99 Å². The van der Waals surface area contributed by atoms with Crippen LogP contribution in [-0.4, -0.2) is 29.7 Å². The van der Waals surface area contributed by atoms with Crippen LogP contribution in [0.4, 0.5) is 0 Å². The van der Waals surface area contributed by atoms with E-state index in [4.69, 9.17) is 4.42 Å². The number of hydrogen-bond acceptors (Lipinski definition) is 4. The molecule has 0 atom stereocenters. The topological polar surface area (TPSA) is 74.9 Å². The lowest BCUT2D eigenvalue weighted by Crippen LogP contribution is -2.37. The van der Waals surface area contributed by atoms with Crippen molar-refractivity contribution >= 4 is 39.8 Å². The van der Waals surface area contributed by atoms with E-state index in [9.17, 15) is 9.59 Å². The Morgan fingerprint density at radius 2 is 2.28 bits per heavy atom. The molecule has 2 rings (SSSR count). The Bertz CT molecular complexity index is 574. The molecular weight excluding hydrogens is 302 g/mol. The maximum absolute atomic E-state index is 11.7. The minimum Gasteiger partial charge on any atom is -0.450 e. The number of nitrogens with zero attached hydrogens (tertiary/aromatic N) is 2. The van der Waals surface area contributed by atoms with E-state index in [2.05, 4.69) is 26.2 Å². The number of hydrogen-bond donors (Lipinski definition) is 1. The first-order chi connectivity index (χ1) is 8.47. The van der Waals surface area contributed by atoms with Gasteiger partial charge in [0.2, 0.25) is 11.9 Å². The molecule has 1 aromatic heterocycles. The van der Waals surface area contributed by atoms with Gasteiger partial charge < -0.3 is 9.32 Å². The second-order valence-electron chi connectivity index (χ2n) is 3.65. The van der Waals surface area contributed by atoms with Gasteiger partial charge >= 0.3 is 0 Å². The molecule has 0 saturated carbocycles. The molecule has 1 aliphatic rings. The molecule has 0 unspecified atom stereocenters. The maximum Gasteiger partial charge on any atom is 0.297 e. The molecule has 0 saturated heterocycles. The van der Waals surface area contributed by atoms with Gasteiger partial charge in [-0.15, -0.1) is 0 Å². The molecule has 0 aromatic carbocycles. The fourth-order valence-electron chi connectivity index (χ4n) is 1.45. The van der Waals surface area contributed by atoms with Crippen LogP contribution in [0.1, 0.15) is 12.7 Å². The summed E-state index contributed by atoms with van der Waals surface area (Å²) in [5.74, 6) is 0.0323. The molecule has 2 heterocycles. The number of halogens is 1. The van der Waals surface area contributed by atoms with Crippen LogP contribution in [0.2, 0.25) is 0 Å². The summed E-state index contributed by atoms with van der Waals surface area (Å²) in [6, 6.07) is 3.44. The van der Waals surface area contributed by atoms with Crippen LogP contribution in [0, 0.1) is 0 Å². The number of nitrogens with one attached hydrogen (secondary N) is 1. The third-order valence-electron chi connectivity index (χ3n) is 2.27. The first-order valence-corrected chi connectivity index (χ1v) is 5.88. The zero-order chi connectivity index (χ0) is 13.3. The van der Waals surface area contributed by atoms with Crippen molar-refractivity contribution in [3.05, 3.63) is 28.3 Å². The molecule has 0 fully saturated rings. The molecule has 0 aliphatic carbocycles. The van der Waals surface area contributed by atoms with Crippen molar-refractivity contribution in [1.82, 2.24) is 10.2 Å². The van der Waals surface area contributed by atoms with E-state index in [0.717, 1.165) is 0 Å². The summed E-state index contributed by atoms with van der Waals surface area (Å²) < 4.78 is 5.86. The average molecular weight is 312 g/mol. The Morgan fingerprint density at radius 1 is 1.56 bits per heavy atom. The van der Waals surface area contributed by atoms with Crippen LogP contribution < -0.4 is 5.32 Å². The zero-order valence-corrected chi connectivity index (χ0v) is 11.3. The predicted molar refractivity (Wildman–Crippen MR) is 68.4 cm³/mol. The lowest BCUT2D eigenvalue weighted by Gasteiger charge is -2.14. The lowest BCUT2D eigenvalue weighted by atomic mass is 10.3. The second kappa shape index (κ2) is 4.77. The van der Waals surface area contributed by atoms with E-state index in [1.165, 1.54) is 11.8 Å². The molecule has 94 valence electrons. The minimum atomic E-state index is -0.422. The molecule has 0 radical (unpaired) electrons. The molecule has 6 nitrogen and oxygen atoms in total. The highest BCUT2D eigenvalue weighted by atomic mass is 79.9. The van der Waals surface area contributed by atoms with Gasteiger partial charge in [0.05, 0.1) is 0 Å². The average Bonchev–Trinajstić information content (AvgIpc) is 2.78. The van der Waals surface area contributed by atoms with Crippen molar-refractivity contribution in [2.75, 3.05) is 7.05 Å². The van der Waals surface area contributed by atoms with Crippen molar-refractivity contribution in [2.45, 2.75) is 6.92 Å². The highest BCUT2D eigenvalue weighted by Crippen LogP contribution is 2.20. The molecule has 1 N–H and O–H groups in total. The van der Waals surface area contributed by atoms with Crippen LogP contribution in [0.3, 0.4) is 0 Å². The molecule has 0 bridgehead atoms. The number of amides is 2. The summed E-state index contributed by atoms with van der Waals surface area (Å²) in [6.07, 6.45) is 1.56. The Balaban J connectivity index is 2.25. The lowest BCUT2D eigenvalue weighted by molar-refractivity contribution is -0.117. The molecule has 7 heteroatoms. The molecule has 1 aliphatic heterocycles. The summed E-state index contributed by atoms with van der Waals surface area (Å²) in [5, 5.41) is 2.48. The van der Waals surface area contributed by atoms with Crippen LogP contribution >= 0.6 is 15.9 Å². The Morgan fingerprint density at radius 3 is 2.83 bits per heavy atom. The number of carbonyl (C=O) groups is 2. The van der Waals surface area contributed by atoms with Crippen molar-refractivity contribution in [3.8, 4) is 0 Å². The van der Waals surface area contributed by atoms with Crippen LogP contribution in [0.25, 0.3) is 6.08 Å². The highest BCUT2D eigenvalue weighted by Gasteiger charge is 2.27. The fraction of sp³-hybridized carbons (Fsp3) is 0.182. The van der Waals surface area contributed by atoms with Gasteiger partial charge in [-0.1, -0.05) is 0 Å². The zero-order valence-electron chi connectivity index (χ0n) is 9.73. The SMILES string of the molecule is CC(=O)NC1=NC(=O)C(=Cc2ccc(Br)o2)N1C. The van der Waals surface area contributed by atoms with E-state index in [-0.39, 0.29) is 11.9 Å². The van der Waals surface area contributed by atoms with Gasteiger partial charge in [0.1, 0.15) is 11.5 Å². The van der Waals surface area contributed by atoms with E-state index >= 15 is 0 Å². The smallest absolute Gasteiger partial charge is 0.297 e. The van der Waals surface area contributed by atoms with E-state index < -0.39 is 5.91 Å². The Labute approximate surface area is 111 Å². The van der Waals surface area contributed by atoms with Gasteiger partial charge in [-0.25, -0.2) is 0 Å². The number of furan rings is 1. The molecule has 0 spiro atoms. The minimum absolute atomic E-state index is 0.212. The second-order valence-corrected chi connectivity index (χ2v) is 4.43. The number of carbonyl (C=O) groups excluding carboxylic acids is 2. The fourth-order valence-corrected chi connectivity index (χ4v) is 1.77. The Kier molecular flexibility index (Phi) is 3.33. The van der Waals surface area contributed by atoms with Crippen molar-refractivity contribution in [3.63, 3.8) is 0 Å². The van der Waals surface area contributed by atoms with E-state index in [1.54, 1.807) is 25.3 Å². The molecular formula is C11H10BrN3O3. The third kappa shape index (κ3) is 2.51. The van der Waals surface area contributed by atoms with Gasteiger partial charge in [0.25, 0.3) is 5.91 Å². The van der Waals surface area contributed by atoms with Gasteiger partial charge in [0.15, 0.2) is 4.67 Å². The number of likely N-dealkylation sites (N-methyl/N-ethyl adjacent to an activating group) is 1. The summed E-state index contributed by atoms with van der Waals surface area (Å²) in [6.45, 7) is 1.35. The van der Waals surface area contributed by atoms with Crippen LogP contribution in [-0.2, 0) is 9.59 Å². The molecule has 18 heavy (non-hydrogen) atoms. The van der Waals surface area contributed by atoms with E-state index in [0.29, 0.717) is 16.1 Å². The Hall–Kier alpha value is -1.89. The summed E-state index contributed by atoms with van der Waals surface area (Å²) in [4.78, 5) is 27.9. The predicted octanol–water partition coefficient (Wildman–Crippen LogP) is 1.35. The standard InChI is InChI=1S/C11H10BrN3O3/c1-6(16)13-11-14-10(17)8(15(11)2)5-7-3-4-9(12)18-7/h3-5H,1-2H3,(H,13,14,16,17). The van der Waals surface area contributed by atoms with E-state index in [1.807, 2.05) is 0 Å². The van der Waals surface area contributed by atoms with Gasteiger partial charge in [0, 0.05) is 20.0 Å². The monoisotopic (exact) mass is 311 g/mol. The van der Waals surface area contributed by atoms with Crippen LogP contribution in [0.15, 0.2) is 31.9 Å². The largest absolute Gasteiger partial charge is 0.450 e. The maximum atomic E-state index is 11.7. The first kappa shape index (κ1) is 12.6. The summed E-state index contributed by atoms with van der Waals surface area (Å²) >= 11 is 3.18. The van der Waals surface area contributed by atoms with Crippen molar-refractivity contribution < 1.29 is 14.0 Å². The quantitative estimate of drug-likeness (QED) is 0.794. The highest BCUT2D eigenvalue weighted by molar-refractivity contribution is 9.10. The normalized spacial score (nSPS) is 17.3.